The van der Waals surface area contributed by atoms with Gasteiger partial charge in [-0.2, -0.15) is 0 Å². The number of carbonyl (C=O) groups is 5. The van der Waals surface area contributed by atoms with Crippen molar-refractivity contribution in [2.45, 2.75) is 40.2 Å². The summed E-state index contributed by atoms with van der Waals surface area (Å²) in [7, 11) is 1.05. The highest BCUT2D eigenvalue weighted by Crippen LogP contribution is 2.11. The number of hydrogen-bond donors (Lipinski definition) is 1. The number of nitrogens with zero attached hydrogens (tertiary/aromatic N) is 1. The first-order valence-corrected chi connectivity index (χ1v) is 9.02. The van der Waals surface area contributed by atoms with Crippen molar-refractivity contribution in [2.24, 2.45) is 5.92 Å². The summed E-state index contributed by atoms with van der Waals surface area (Å²) >= 11 is 0.731. The van der Waals surface area contributed by atoms with Gasteiger partial charge in [0.15, 0.2) is 5.12 Å². The van der Waals surface area contributed by atoms with Crippen LogP contribution in [-0.4, -0.2) is 65.6 Å². The first-order valence-electron chi connectivity index (χ1n) is 8.03. The van der Waals surface area contributed by atoms with Crippen molar-refractivity contribution in [2.75, 3.05) is 26.0 Å². The lowest BCUT2D eigenvalue weighted by atomic mass is 10.2. The molecule has 0 heterocycles. The average Bonchev–Trinajstić information content (AvgIpc) is 2.58. The molecule has 0 aliphatic rings. The van der Waals surface area contributed by atoms with Crippen LogP contribution in [0, 0.1) is 5.92 Å². The predicted octanol–water partition coefficient (Wildman–Crippen LogP) is 0.388. The van der Waals surface area contributed by atoms with Gasteiger partial charge in [-0.1, -0.05) is 25.6 Å². The number of esters is 1. The number of nitrogens with one attached hydrogen (secondary N) is 1. The van der Waals surface area contributed by atoms with Gasteiger partial charge < -0.3 is 15.0 Å². The van der Waals surface area contributed by atoms with Crippen molar-refractivity contribution < 1.29 is 28.7 Å². The molecule has 0 fully saturated rings. The number of methoxy groups -OCH3 is 1. The number of likely N-dealkylation sites (N-methyl/N-ethyl adjacent to an activating group) is 1. The monoisotopic (exact) mass is 374 g/mol. The number of hydrogen-bond acceptors (Lipinski definition) is 7. The lowest BCUT2D eigenvalue weighted by molar-refractivity contribution is -0.152. The van der Waals surface area contributed by atoms with Crippen molar-refractivity contribution in [3.8, 4) is 0 Å². The molecule has 0 bridgehead atoms. The highest BCUT2D eigenvalue weighted by molar-refractivity contribution is 8.13. The Morgan fingerprint density at radius 1 is 1.08 bits per heavy atom. The summed E-state index contributed by atoms with van der Waals surface area (Å²) in [5.74, 6) is -2.95. The van der Waals surface area contributed by atoms with Gasteiger partial charge in [0.05, 0.1) is 13.5 Å². The van der Waals surface area contributed by atoms with Gasteiger partial charge in [0.2, 0.25) is 17.6 Å². The minimum atomic E-state index is -1.09. The predicted molar refractivity (Wildman–Crippen MR) is 93.8 cm³/mol. The zero-order chi connectivity index (χ0) is 19.6. The van der Waals surface area contributed by atoms with Gasteiger partial charge in [0, 0.05) is 24.8 Å². The second kappa shape index (κ2) is 11.6. The fourth-order valence-corrected chi connectivity index (χ4v) is 2.62. The zero-order valence-electron chi connectivity index (χ0n) is 15.3. The van der Waals surface area contributed by atoms with Crippen LogP contribution in [0.15, 0.2) is 0 Å². The van der Waals surface area contributed by atoms with Gasteiger partial charge in [-0.05, 0) is 13.8 Å². The molecule has 1 atom stereocenters. The van der Waals surface area contributed by atoms with Crippen molar-refractivity contribution in [1.82, 2.24) is 10.2 Å². The van der Waals surface area contributed by atoms with Gasteiger partial charge >= 0.3 is 5.97 Å². The SMILES string of the molecule is CCN(CC)C(=O)C(CSC(=O)CC(=O)C(=O)OC)NC(=O)C(C)C. The molecular weight excluding hydrogens is 348 g/mol. The molecule has 0 aliphatic heterocycles. The quantitative estimate of drug-likeness (QED) is 0.334. The van der Waals surface area contributed by atoms with Crippen LogP contribution >= 0.6 is 11.8 Å². The fraction of sp³-hybridized carbons (Fsp3) is 0.688. The van der Waals surface area contributed by atoms with Gasteiger partial charge in [0.25, 0.3) is 0 Å². The van der Waals surface area contributed by atoms with Crippen LogP contribution in [0.3, 0.4) is 0 Å². The third-order valence-corrected chi connectivity index (χ3v) is 4.31. The molecule has 0 rings (SSSR count). The summed E-state index contributed by atoms with van der Waals surface area (Å²) in [5.41, 5.74) is 0. The Balaban J connectivity index is 4.91. The second-order valence-electron chi connectivity index (χ2n) is 5.50. The van der Waals surface area contributed by atoms with Gasteiger partial charge in [-0.25, -0.2) is 4.79 Å². The highest BCUT2D eigenvalue weighted by Gasteiger charge is 2.27. The Labute approximate surface area is 152 Å². The Bertz CT molecular complexity index is 517. The summed E-state index contributed by atoms with van der Waals surface area (Å²) < 4.78 is 4.25. The normalized spacial score (nSPS) is 11.6. The maximum absolute atomic E-state index is 12.5. The number of amides is 2. The van der Waals surface area contributed by atoms with Gasteiger partial charge in [-0.3, -0.25) is 19.2 Å². The fourth-order valence-electron chi connectivity index (χ4n) is 1.81. The van der Waals surface area contributed by atoms with Crippen molar-refractivity contribution >= 4 is 40.4 Å². The summed E-state index contributed by atoms with van der Waals surface area (Å²) in [6.45, 7) is 7.97. The van der Waals surface area contributed by atoms with E-state index in [-0.39, 0.29) is 23.5 Å². The van der Waals surface area contributed by atoms with E-state index in [1.54, 1.807) is 18.7 Å². The van der Waals surface area contributed by atoms with E-state index in [1.807, 2.05) is 13.8 Å². The first kappa shape index (κ1) is 23.1. The van der Waals surface area contributed by atoms with E-state index in [1.165, 1.54) is 0 Å². The number of carbonyl (C=O) groups excluding carboxylic acids is 5. The van der Waals surface area contributed by atoms with E-state index in [0.29, 0.717) is 13.1 Å². The van der Waals surface area contributed by atoms with E-state index < -0.39 is 29.3 Å². The average molecular weight is 374 g/mol. The van der Waals surface area contributed by atoms with Crippen LogP contribution < -0.4 is 5.32 Å². The molecule has 8 nitrogen and oxygen atoms in total. The molecule has 1 unspecified atom stereocenters. The lowest BCUT2D eigenvalue weighted by Gasteiger charge is -2.26. The van der Waals surface area contributed by atoms with Crippen LogP contribution in [0.4, 0.5) is 0 Å². The molecule has 2 amide bonds. The van der Waals surface area contributed by atoms with Gasteiger partial charge in [-0.15, -0.1) is 0 Å². The smallest absolute Gasteiger partial charge is 0.374 e. The van der Waals surface area contributed by atoms with E-state index in [9.17, 15) is 24.0 Å². The maximum atomic E-state index is 12.5. The number of ketones is 1. The first-order chi connectivity index (χ1) is 11.7. The molecule has 9 heteroatoms. The molecule has 1 N–H and O–H groups in total. The summed E-state index contributed by atoms with van der Waals surface area (Å²) in [6.07, 6.45) is -0.609. The maximum Gasteiger partial charge on any atom is 0.374 e. The lowest BCUT2D eigenvalue weighted by Crippen LogP contribution is -2.51. The van der Waals surface area contributed by atoms with Crippen LogP contribution in [0.1, 0.15) is 34.1 Å². The minimum Gasteiger partial charge on any atom is -0.463 e. The minimum absolute atomic E-state index is 0.0128. The molecule has 25 heavy (non-hydrogen) atoms. The van der Waals surface area contributed by atoms with Crippen molar-refractivity contribution in [1.29, 1.82) is 0 Å². The Hall–Kier alpha value is -1.90. The topological polar surface area (TPSA) is 110 Å². The number of thioether (sulfide) groups is 1. The number of ether oxygens (including phenoxy) is 1. The molecule has 0 aromatic rings. The Morgan fingerprint density at radius 3 is 2.08 bits per heavy atom. The summed E-state index contributed by atoms with van der Waals surface area (Å²) in [4.78, 5) is 60.2. The standard InChI is InChI=1S/C16H26N2O6S/c1-6-18(7-2)15(22)11(17-14(21)10(3)4)9-25-13(20)8-12(19)16(23)24-5/h10-11H,6-9H2,1-5H3,(H,17,21). The summed E-state index contributed by atoms with van der Waals surface area (Å²) in [5, 5.41) is 2.06. The van der Waals surface area contributed by atoms with E-state index in [0.717, 1.165) is 18.9 Å². The molecule has 0 saturated heterocycles. The van der Waals surface area contributed by atoms with E-state index >= 15 is 0 Å². The molecule has 0 aliphatic carbocycles. The zero-order valence-corrected chi connectivity index (χ0v) is 16.1. The van der Waals surface area contributed by atoms with E-state index in [2.05, 4.69) is 10.1 Å². The summed E-state index contributed by atoms with van der Waals surface area (Å²) in [6, 6.07) is -0.878. The molecule has 0 aromatic carbocycles. The van der Waals surface area contributed by atoms with Crippen LogP contribution in [0.5, 0.6) is 0 Å². The molecular formula is C16H26N2O6S. The number of rotatable bonds is 10. The largest absolute Gasteiger partial charge is 0.463 e. The van der Waals surface area contributed by atoms with E-state index in [4.69, 9.17) is 0 Å². The Kier molecular flexibility index (Phi) is 10.7. The van der Waals surface area contributed by atoms with Crippen LogP contribution in [-0.2, 0) is 28.7 Å². The Morgan fingerprint density at radius 2 is 1.64 bits per heavy atom. The van der Waals surface area contributed by atoms with Crippen molar-refractivity contribution in [3.05, 3.63) is 0 Å². The molecule has 0 spiro atoms. The molecule has 142 valence electrons. The van der Waals surface area contributed by atoms with Crippen molar-refractivity contribution in [3.63, 3.8) is 0 Å². The molecule has 0 aromatic heterocycles. The number of Topliss-reactive ketones (excluding diaryl/α,β-unsaturated/α-hetero) is 1. The molecule has 0 saturated carbocycles. The van der Waals surface area contributed by atoms with Crippen LogP contribution in [0.2, 0.25) is 0 Å². The van der Waals surface area contributed by atoms with Gasteiger partial charge in [0.1, 0.15) is 6.04 Å². The van der Waals surface area contributed by atoms with Crippen LogP contribution in [0.25, 0.3) is 0 Å². The third-order valence-electron chi connectivity index (χ3n) is 3.34. The third kappa shape index (κ3) is 8.15. The second-order valence-corrected chi connectivity index (χ2v) is 6.58. The highest BCUT2D eigenvalue weighted by atomic mass is 32.2. The molecule has 0 radical (unpaired) electrons.